The average molecular weight is 779 g/mol. The third kappa shape index (κ3) is 13.1. The van der Waals surface area contributed by atoms with Crippen LogP contribution in [0.1, 0.15) is 58.6 Å². The number of nitrogens with zero attached hydrogens (tertiary/aromatic N) is 6. The quantitative estimate of drug-likeness (QED) is 0.107. The number of aromatic nitrogens is 6. The van der Waals surface area contributed by atoms with Crippen LogP contribution in [0.5, 0.6) is 5.75 Å². The first-order valence-corrected chi connectivity index (χ1v) is 18.6. The molecule has 0 saturated heterocycles. The number of benzene rings is 3. The third-order valence-corrected chi connectivity index (χ3v) is 8.93. The molecule has 0 radical (unpaired) electrons. The first-order valence-electron chi connectivity index (χ1n) is 17.5. The van der Waals surface area contributed by atoms with E-state index < -0.39 is 0 Å². The van der Waals surface area contributed by atoms with Crippen LogP contribution in [0.2, 0.25) is 15.1 Å². The number of ether oxygens (including phenoxy) is 1. The molecule has 0 aliphatic carbocycles. The average Bonchev–Trinajstić information content (AvgIpc) is 3.94. The van der Waals surface area contributed by atoms with Crippen LogP contribution in [0.15, 0.2) is 104 Å². The van der Waals surface area contributed by atoms with E-state index >= 15 is 0 Å². The van der Waals surface area contributed by atoms with Gasteiger partial charge in [0.2, 0.25) is 0 Å². The van der Waals surface area contributed by atoms with Crippen LogP contribution in [0.3, 0.4) is 0 Å². The molecule has 13 heteroatoms. The Morgan fingerprint density at radius 1 is 0.528 bits per heavy atom. The van der Waals surface area contributed by atoms with Gasteiger partial charge in [0.1, 0.15) is 5.75 Å². The molecular formula is C40H50Cl3N9O. The highest BCUT2D eigenvalue weighted by atomic mass is 35.5. The summed E-state index contributed by atoms with van der Waals surface area (Å²) in [5.41, 5.74) is 6.54. The summed E-state index contributed by atoms with van der Waals surface area (Å²) in [5, 5.41) is 2.05. The predicted octanol–water partition coefficient (Wildman–Crippen LogP) is 10.4. The lowest BCUT2D eigenvalue weighted by atomic mass is 10.2. The van der Waals surface area contributed by atoms with Crippen molar-refractivity contribution in [2.24, 2.45) is 0 Å². The van der Waals surface area contributed by atoms with E-state index in [1.165, 1.54) is 0 Å². The lowest BCUT2D eigenvalue weighted by Crippen LogP contribution is -2.30. The van der Waals surface area contributed by atoms with E-state index in [2.05, 4.69) is 104 Å². The zero-order chi connectivity index (χ0) is 38.3. The van der Waals surface area contributed by atoms with Crippen molar-refractivity contribution >= 4 is 51.9 Å². The van der Waals surface area contributed by atoms with Crippen LogP contribution in [-0.2, 0) is 19.6 Å². The number of rotatable bonds is 13. The summed E-state index contributed by atoms with van der Waals surface area (Å²) in [5.74, 6) is 0.878. The number of methoxy groups -OCH3 is 1. The Balaban J connectivity index is 0.000000178. The molecule has 0 fully saturated rings. The molecular weight excluding hydrogens is 729 g/mol. The summed E-state index contributed by atoms with van der Waals surface area (Å²) in [7, 11) is 1.69. The van der Waals surface area contributed by atoms with Crippen molar-refractivity contribution in [2.75, 3.05) is 21.8 Å². The smallest absolute Gasteiger partial charge is 0.120 e. The molecule has 0 aliphatic heterocycles. The normalized spacial score (nSPS) is 10.8. The van der Waals surface area contributed by atoms with Crippen LogP contribution < -0.4 is 19.4 Å². The highest BCUT2D eigenvalue weighted by Crippen LogP contribution is 2.28. The van der Waals surface area contributed by atoms with Gasteiger partial charge in [0.25, 0.3) is 0 Å². The minimum atomic E-state index is 0.336. The molecule has 3 heterocycles. The minimum absolute atomic E-state index is 0.336. The number of aromatic amines is 3. The van der Waals surface area contributed by atoms with Crippen molar-refractivity contribution in [3.05, 3.63) is 136 Å². The van der Waals surface area contributed by atoms with E-state index in [1.807, 2.05) is 61.1 Å². The van der Waals surface area contributed by atoms with Gasteiger partial charge in [-0.05, 0) is 90.1 Å². The van der Waals surface area contributed by atoms with E-state index in [4.69, 9.17) is 39.5 Å². The van der Waals surface area contributed by atoms with Gasteiger partial charge in [0, 0.05) is 74.9 Å². The second-order valence-corrected chi connectivity index (χ2v) is 14.5. The Morgan fingerprint density at radius 2 is 0.925 bits per heavy atom. The maximum absolute atomic E-state index is 6.05. The fourth-order valence-corrected chi connectivity index (χ4v) is 6.23. The molecule has 0 saturated carbocycles. The summed E-state index contributed by atoms with van der Waals surface area (Å²) in [4.78, 5) is 28.3. The molecule has 282 valence electrons. The highest BCUT2D eigenvalue weighted by Gasteiger charge is 2.15. The van der Waals surface area contributed by atoms with Crippen molar-refractivity contribution in [1.29, 1.82) is 0 Å². The molecule has 53 heavy (non-hydrogen) atoms. The van der Waals surface area contributed by atoms with Gasteiger partial charge in [0.15, 0.2) is 0 Å². The summed E-state index contributed by atoms with van der Waals surface area (Å²) < 4.78 is 5.27. The van der Waals surface area contributed by atoms with Crippen LogP contribution in [-0.4, -0.2) is 55.1 Å². The topological polar surface area (TPSA) is 105 Å². The van der Waals surface area contributed by atoms with Crippen LogP contribution in [0.25, 0.3) is 0 Å². The lowest BCUT2D eigenvalue weighted by molar-refractivity contribution is 0.414. The second kappa shape index (κ2) is 20.6. The molecule has 0 unspecified atom stereocenters. The van der Waals surface area contributed by atoms with E-state index in [0.717, 1.165) is 64.6 Å². The Kier molecular flexibility index (Phi) is 16.0. The molecule has 10 nitrogen and oxygen atoms in total. The predicted molar refractivity (Wildman–Crippen MR) is 221 cm³/mol. The van der Waals surface area contributed by atoms with E-state index in [1.54, 1.807) is 32.2 Å². The van der Waals surface area contributed by atoms with Gasteiger partial charge in [-0.2, -0.15) is 0 Å². The SMILES string of the molecule is CC(C)N(Cc1cnc[nH]1)c1cc(Cl)cc(Cl)c1.CC(C)N(Cc1cnc[nH]1)c1cccc(Cl)c1.COc1cccc(N(Cc2cnc[nH]2)C(C)C)c1. The zero-order valence-electron chi connectivity index (χ0n) is 31.4. The molecule has 3 aromatic carbocycles. The molecule has 0 bridgehead atoms. The third-order valence-electron chi connectivity index (χ3n) is 8.26. The van der Waals surface area contributed by atoms with Gasteiger partial charge < -0.3 is 34.4 Å². The minimum Gasteiger partial charge on any atom is -0.497 e. The number of nitrogens with one attached hydrogen (secondary N) is 3. The van der Waals surface area contributed by atoms with Crippen LogP contribution in [0.4, 0.5) is 17.1 Å². The molecule has 3 aromatic heterocycles. The number of H-pyrrole nitrogens is 3. The Bertz CT molecular complexity index is 1880. The Labute approximate surface area is 328 Å². The van der Waals surface area contributed by atoms with E-state index in [0.29, 0.717) is 28.2 Å². The van der Waals surface area contributed by atoms with Gasteiger partial charge in [-0.3, -0.25) is 0 Å². The molecule has 0 aliphatic rings. The largest absolute Gasteiger partial charge is 0.497 e. The van der Waals surface area contributed by atoms with Crippen molar-refractivity contribution < 1.29 is 4.74 Å². The monoisotopic (exact) mass is 777 g/mol. The summed E-state index contributed by atoms with van der Waals surface area (Å²) in [6.07, 6.45) is 10.6. The van der Waals surface area contributed by atoms with Gasteiger partial charge in [0.05, 0.1) is 62.8 Å². The van der Waals surface area contributed by atoms with Crippen molar-refractivity contribution in [3.63, 3.8) is 0 Å². The number of halogens is 3. The maximum Gasteiger partial charge on any atom is 0.120 e. The first kappa shape index (κ1) is 41.1. The summed E-state index contributed by atoms with van der Waals surface area (Å²) >= 11 is 18.1. The number of hydrogen-bond donors (Lipinski definition) is 3. The summed E-state index contributed by atoms with van der Waals surface area (Å²) in [6.45, 7) is 15.3. The van der Waals surface area contributed by atoms with Gasteiger partial charge in [-0.1, -0.05) is 46.9 Å². The second-order valence-electron chi connectivity index (χ2n) is 13.2. The number of imidazole rings is 3. The Hall–Kier alpha value is -4.64. The maximum atomic E-state index is 6.05. The molecule has 6 aromatic rings. The Morgan fingerprint density at radius 3 is 1.30 bits per heavy atom. The number of anilines is 3. The van der Waals surface area contributed by atoms with Crippen molar-refractivity contribution in [1.82, 2.24) is 29.9 Å². The van der Waals surface area contributed by atoms with Gasteiger partial charge in [-0.15, -0.1) is 0 Å². The van der Waals surface area contributed by atoms with Crippen molar-refractivity contribution in [2.45, 2.75) is 79.3 Å². The highest BCUT2D eigenvalue weighted by molar-refractivity contribution is 6.35. The zero-order valence-corrected chi connectivity index (χ0v) is 33.7. The van der Waals surface area contributed by atoms with Crippen LogP contribution >= 0.6 is 34.8 Å². The standard InChI is InChI=1S/C14H19N3O.C13H15Cl2N3.C13H16ClN3/c1-11(2)17(9-12-8-15-10-16-12)13-5-4-6-14(7-13)18-3;1-9(2)18(7-12-6-16-8-17-12)13-4-10(14)3-11(15)5-13;1-10(2)17(8-12-7-15-9-16-12)13-5-3-4-11(14)6-13/h4-8,10-11H,9H2,1-3H3,(H,15,16);3-6,8-9H,7H2,1-2H3,(H,16,17);3-7,9-10H,8H2,1-2H3,(H,15,16). The van der Waals surface area contributed by atoms with E-state index in [-0.39, 0.29) is 0 Å². The molecule has 0 atom stereocenters. The van der Waals surface area contributed by atoms with Crippen LogP contribution in [0, 0.1) is 0 Å². The van der Waals surface area contributed by atoms with Crippen molar-refractivity contribution in [3.8, 4) is 5.75 Å². The summed E-state index contributed by atoms with van der Waals surface area (Å²) in [6, 6.07) is 22.7. The molecule has 6 rings (SSSR count). The first-order chi connectivity index (χ1) is 25.4. The fraction of sp³-hybridized carbons (Fsp3) is 0.325. The van der Waals surface area contributed by atoms with Gasteiger partial charge in [-0.25, -0.2) is 15.0 Å². The molecule has 3 N–H and O–H groups in total. The molecule has 0 amide bonds. The molecule has 0 spiro atoms. The lowest BCUT2D eigenvalue weighted by Gasteiger charge is -2.28. The fourth-order valence-electron chi connectivity index (χ4n) is 5.53. The van der Waals surface area contributed by atoms with Gasteiger partial charge >= 0.3 is 0 Å². The van der Waals surface area contributed by atoms with E-state index in [9.17, 15) is 0 Å². The number of hydrogen-bond acceptors (Lipinski definition) is 7.